The second kappa shape index (κ2) is 5.14. The van der Waals surface area contributed by atoms with Crippen molar-refractivity contribution >= 4 is 27.3 Å². The molecule has 1 saturated heterocycles. The number of aliphatic hydroxyl groups is 1. The summed E-state index contributed by atoms with van der Waals surface area (Å²) in [6, 6.07) is 6.18. The van der Waals surface area contributed by atoms with Crippen molar-refractivity contribution in [3.63, 3.8) is 0 Å². The molecule has 0 aliphatic carbocycles. The molecule has 1 aromatic carbocycles. The number of amides is 1. The third kappa shape index (κ3) is 2.21. The number of benzene rings is 1. The number of carbonyl (C=O) groups excluding carboxylic acids is 1. The number of aliphatic hydroxyl groups excluding tert-OH is 1. The van der Waals surface area contributed by atoms with Gasteiger partial charge in [0.05, 0.1) is 17.5 Å². The van der Waals surface area contributed by atoms with Crippen LogP contribution in [0.15, 0.2) is 24.3 Å². The number of hydrogen-bond donors (Lipinski definition) is 1. The molecule has 0 radical (unpaired) electrons. The van der Waals surface area contributed by atoms with Gasteiger partial charge in [-0.25, -0.2) is 4.39 Å². The molecule has 2 atom stereocenters. The Morgan fingerprint density at radius 2 is 2.30 bits per heavy atom. The van der Waals surface area contributed by atoms with Gasteiger partial charge in [-0.05, 0) is 42.0 Å². The molecule has 3 nitrogen and oxygen atoms in total. The highest BCUT2D eigenvalue weighted by Gasteiger charge is 2.34. The van der Waals surface area contributed by atoms with Gasteiger partial charge in [-0.15, -0.1) is 11.3 Å². The number of rotatable bonds is 2. The average molecular weight is 293 g/mol. The lowest BCUT2D eigenvalue weighted by atomic mass is 10.0. The van der Waals surface area contributed by atoms with Crippen LogP contribution in [-0.2, 0) is 0 Å². The van der Waals surface area contributed by atoms with Gasteiger partial charge in [0.15, 0.2) is 0 Å². The van der Waals surface area contributed by atoms with Crippen molar-refractivity contribution < 1.29 is 14.3 Å². The van der Waals surface area contributed by atoms with E-state index in [0.717, 1.165) is 16.5 Å². The first kappa shape index (κ1) is 13.5. The van der Waals surface area contributed by atoms with E-state index in [1.165, 1.54) is 23.5 Å². The molecule has 3 rings (SSSR count). The molecular weight excluding hydrogens is 277 g/mol. The predicted octanol–water partition coefficient (Wildman–Crippen LogP) is 2.88. The molecule has 106 valence electrons. The van der Waals surface area contributed by atoms with E-state index in [9.17, 15) is 14.3 Å². The fraction of sp³-hybridized carbons (Fsp3) is 0.400. The minimum absolute atomic E-state index is 0.00751. The topological polar surface area (TPSA) is 40.5 Å². The number of nitrogens with zero attached hydrogens (tertiary/aromatic N) is 1. The van der Waals surface area contributed by atoms with Crippen molar-refractivity contribution in [2.75, 3.05) is 13.2 Å². The van der Waals surface area contributed by atoms with E-state index in [-0.39, 0.29) is 24.4 Å². The van der Waals surface area contributed by atoms with Crippen LogP contribution >= 0.6 is 11.3 Å². The highest BCUT2D eigenvalue weighted by atomic mass is 32.1. The van der Waals surface area contributed by atoms with Gasteiger partial charge in [-0.2, -0.15) is 0 Å². The number of carbonyl (C=O) groups is 1. The van der Waals surface area contributed by atoms with E-state index < -0.39 is 0 Å². The summed E-state index contributed by atoms with van der Waals surface area (Å²) in [6.45, 7) is 2.72. The van der Waals surface area contributed by atoms with E-state index in [4.69, 9.17) is 0 Å². The Hall–Kier alpha value is -1.46. The van der Waals surface area contributed by atoms with E-state index in [1.54, 1.807) is 17.0 Å². The Labute approximate surface area is 120 Å². The second-order valence-corrected chi connectivity index (χ2v) is 6.39. The third-order valence-corrected chi connectivity index (χ3v) is 5.12. The standard InChI is InChI=1S/C15H16FNO2S/c1-9-4-5-17(12(9)8-18)15(19)14-7-10-6-11(16)2-3-13(10)20-14/h2-3,6-7,9,12,18H,4-5,8H2,1H3. The first-order chi connectivity index (χ1) is 9.60. The zero-order valence-corrected chi connectivity index (χ0v) is 12.0. The molecule has 2 unspecified atom stereocenters. The fourth-order valence-corrected chi connectivity index (χ4v) is 3.80. The first-order valence-corrected chi connectivity index (χ1v) is 7.52. The molecule has 2 heterocycles. The number of fused-ring (bicyclic) bond motifs is 1. The van der Waals surface area contributed by atoms with Crippen LogP contribution in [0, 0.1) is 11.7 Å². The Morgan fingerprint density at radius 1 is 1.50 bits per heavy atom. The maximum absolute atomic E-state index is 13.2. The van der Waals surface area contributed by atoms with E-state index in [1.807, 2.05) is 0 Å². The number of thiophene rings is 1. The molecule has 20 heavy (non-hydrogen) atoms. The van der Waals surface area contributed by atoms with Crippen molar-refractivity contribution in [1.29, 1.82) is 0 Å². The third-order valence-electron chi connectivity index (χ3n) is 4.02. The maximum atomic E-state index is 13.2. The predicted molar refractivity (Wildman–Crippen MR) is 77.5 cm³/mol. The second-order valence-electron chi connectivity index (χ2n) is 5.31. The molecule has 0 saturated carbocycles. The largest absolute Gasteiger partial charge is 0.394 e. The smallest absolute Gasteiger partial charge is 0.264 e. The number of likely N-dealkylation sites (tertiary alicyclic amines) is 1. The van der Waals surface area contributed by atoms with Crippen LogP contribution in [0.4, 0.5) is 4.39 Å². The quantitative estimate of drug-likeness (QED) is 0.925. The van der Waals surface area contributed by atoms with Crippen molar-refractivity contribution in [2.45, 2.75) is 19.4 Å². The summed E-state index contributed by atoms with van der Waals surface area (Å²) in [7, 11) is 0. The van der Waals surface area contributed by atoms with Gasteiger partial charge >= 0.3 is 0 Å². The Balaban J connectivity index is 1.92. The SMILES string of the molecule is CC1CCN(C(=O)c2cc3cc(F)ccc3s2)C1CO. The molecule has 0 bridgehead atoms. The van der Waals surface area contributed by atoms with Crippen molar-refractivity contribution in [2.24, 2.45) is 5.92 Å². The Morgan fingerprint density at radius 3 is 3.05 bits per heavy atom. The normalized spacial score (nSPS) is 22.6. The highest BCUT2D eigenvalue weighted by molar-refractivity contribution is 7.20. The maximum Gasteiger partial charge on any atom is 0.264 e. The van der Waals surface area contributed by atoms with Gasteiger partial charge in [-0.1, -0.05) is 6.92 Å². The van der Waals surface area contributed by atoms with Crippen LogP contribution in [0.25, 0.3) is 10.1 Å². The van der Waals surface area contributed by atoms with Crippen LogP contribution < -0.4 is 0 Å². The van der Waals surface area contributed by atoms with Gasteiger partial charge in [0, 0.05) is 11.2 Å². The van der Waals surface area contributed by atoms with Crippen molar-refractivity contribution in [1.82, 2.24) is 4.90 Å². The molecular formula is C15H16FNO2S. The summed E-state index contributed by atoms with van der Waals surface area (Å²) in [4.78, 5) is 14.9. The Bertz CT molecular complexity index is 654. The van der Waals surface area contributed by atoms with Gasteiger partial charge in [0.1, 0.15) is 5.82 Å². The van der Waals surface area contributed by atoms with Crippen LogP contribution in [-0.4, -0.2) is 35.1 Å². The molecule has 1 aliphatic heterocycles. The van der Waals surface area contributed by atoms with Gasteiger partial charge in [0.2, 0.25) is 0 Å². The van der Waals surface area contributed by atoms with Gasteiger partial charge in [0.25, 0.3) is 5.91 Å². The summed E-state index contributed by atoms with van der Waals surface area (Å²) in [6.07, 6.45) is 0.913. The van der Waals surface area contributed by atoms with E-state index >= 15 is 0 Å². The first-order valence-electron chi connectivity index (χ1n) is 6.71. The molecule has 5 heteroatoms. The molecule has 1 aliphatic rings. The van der Waals surface area contributed by atoms with Gasteiger partial charge < -0.3 is 10.0 Å². The number of halogens is 1. The van der Waals surface area contributed by atoms with Crippen molar-refractivity contribution in [3.05, 3.63) is 35.0 Å². The van der Waals surface area contributed by atoms with Crippen LogP contribution in [0.2, 0.25) is 0 Å². The molecule has 0 spiro atoms. The summed E-state index contributed by atoms with van der Waals surface area (Å²) >= 11 is 1.38. The number of hydrogen-bond acceptors (Lipinski definition) is 3. The molecule has 2 aromatic rings. The van der Waals surface area contributed by atoms with E-state index in [0.29, 0.717) is 17.3 Å². The highest BCUT2D eigenvalue weighted by Crippen LogP contribution is 2.31. The summed E-state index contributed by atoms with van der Waals surface area (Å²) in [5.74, 6) is -0.0388. The van der Waals surface area contributed by atoms with E-state index in [2.05, 4.69) is 6.92 Å². The van der Waals surface area contributed by atoms with Crippen LogP contribution in [0.5, 0.6) is 0 Å². The molecule has 1 aromatic heterocycles. The summed E-state index contributed by atoms with van der Waals surface area (Å²) in [5, 5.41) is 10.2. The fourth-order valence-electron chi connectivity index (χ4n) is 2.80. The van der Waals surface area contributed by atoms with Crippen molar-refractivity contribution in [3.8, 4) is 0 Å². The van der Waals surface area contributed by atoms with Crippen LogP contribution in [0.3, 0.4) is 0 Å². The lowest BCUT2D eigenvalue weighted by molar-refractivity contribution is 0.0653. The monoisotopic (exact) mass is 293 g/mol. The zero-order chi connectivity index (χ0) is 14.3. The molecule has 1 N–H and O–H groups in total. The minimum Gasteiger partial charge on any atom is -0.394 e. The van der Waals surface area contributed by atoms with Gasteiger partial charge in [-0.3, -0.25) is 4.79 Å². The average Bonchev–Trinajstić information content (AvgIpc) is 3.00. The lowest BCUT2D eigenvalue weighted by Crippen LogP contribution is -2.39. The molecule has 1 amide bonds. The summed E-state index contributed by atoms with van der Waals surface area (Å²) in [5.41, 5.74) is 0. The molecule has 1 fully saturated rings. The summed E-state index contributed by atoms with van der Waals surface area (Å²) < 4.78 is 14.1. The van der Waals surface area contributed by atoms with Crippen LogP contribution in [0.1, 0.15) is 23.0 Å². The lowest BCUT2D eigenvalue weighted by Gasteiger charge is -2.24. The minimum atomic E-state index is -0.294. The zero-order valence-electron chi connectivity index (χ0n) is 11.2. The Kier molecular flexibility index (Phi) is 3.48.